The molecule has 76 valence electrons. The zero-order chi connectivity index (χ0) is 10.2. The highest BCUT2D eigenvalue weighted by Crippen LogP contribution is 2.22. The third-order valence-electron chi connectivity index (χ3n) is 2.40. The van der Waals surface area contributed by atoms with E-state index in [4.69, 9.17) is 9.31 Å². The van der Waals surface area contributed by atoms with Crippen LogP contribution in [0.15, 0.2) is 11.4 Å². The van der Waals surface area contributed by atoms with E-state index in [1.807, 2.05) is 0 Å². The van der Waals surface area contributed by atoms with Crippen molar-refractivity contribution in [1.82, 2.24) is 0 Å². The van der Waals surface area contributed by atoms with Crippen molar-refractivity contribution in [2.24, 2.45) is 5.41 Å². The largest absolute Gasteiger partial charge is 0.495 e. The van der Waals surface area contributed by atoms with E-state index >= 15 is 0 Å². The molecular weight excluding hydrogens is 195 g/mol. The van der Waals surface area contributed by atoms with Gasteiger partial charge in [-0.05, 0) is 17.8 Å². The van der Waals surface area contributed by atoms with Crippen molar-refractivity contribution in [2.75, 3.05) is 13.2 Å². The molecule has 1 saturated heterocycles. The lowest BCUT2D eigenvalue weighted by atomic mass is 9.76. The molecule has 4 heteroatoms. The zero-order valence-corrected chi connectivity index (χ0v) is 9.69. The number of hydrogen-bond donors (Lipinski definition) is 0. The average Bonchev–Trinajstić information content (AvgIpc) is 2.52. The van der Waals surface area contributed by atoms with Crippen LogP contribution in [0.5, 0.6) is 0 Å². The summed E-state index contributed by atoms with van der Waals surface area (Å²) in [7, 11) is -0.144. The quantitative estimate of drug-likeness (QED) is 0.658. The SMILES string of the molecule is Cc1sccc1B1OCC(C)(C)CO1. The van der Waals surface area contributed by atoms with Gasteiger partial charge in [0, 0.05) is 23.5 Å². The van der Waals surface area contributed by atoms with Crippen LogP contribution >= 0.6 is 11.3 Å². The molecule has 0 spiro atoms. The van der Waals surface area contributed by atoms with E-state index in [1.54, 1.807) is 11.3 Å². The van der Waals surface area contributed by atoms with Crippen molar-refractivity contribution >= 4 is 23.9 Å². The Morgan fingerprint density at radius 3 is 2.50 bits per heavy atom. The minimum Gasteiger partial charge on any atom is -0.407 e. The minimum absolute atomic E-state index is 0.144. The van der Waals surface area contributed by atoms with Crippen LogP contribution in [0.1, 0.15) is 18.7 Å². The Balaban J connectivity index is 2.06. The normalized spacial score (nSPS) is 21.2. The summed E-state index contributed by atoms with van der Waals surface area (Å²) in [6.45, 7) is 7.96. The summed E-state index contributed by atoms with van der Waals surface area (Å²) in [5.41, 5.74) is 1.34. The summed E-state index contributed by atoms with van der Waals surface area (Å²) >= 11 is 1.74. The van der Waals surface area contributed by atoms with E-state index in [2.05, 4.69) is 32.2 Å². The molecule has 1 fully saturated rings. The summed E-state index contributed by atoms with van der Waals surface area (Å²) in [5, 5.41) is 2.08. The maximum atomic E-state index is 5.70. The van der Waals surface area contributed by atoms with E-state index < -0.39 is 0 Å². The molecule has 1 aliphatic heterocycles. The highest BCUT2D eigenvalue weighted by atomic mass is 32.1. The molecule has 0 saturated carbocycles. The fraction of sp³-hybridized carbons (Fsp3) is 0.600. The summed E-state index contributed by atoms with van der Waals surface area (Å²) in [6, 6.07) is 2.09. The second-order valence-corrected chi connectivity index (χ2v) is 5.67. The fourth-order valence-corrected chi connectivity index (χ4v) is 2.23. The van der Waals surface area contributed by atoms with Crippen molar-refractivity contribution < 1.29 is 9.31 Å². The van der Waals surface area contributed by atoms with Crippen molar-refractivity contribution in [1.29, 1.82) is 0 Å². The molecule has 0 aromatic carbocycles. The Labute approximate surface area is 89.4 Å². The first-order chi connectivity index (χ1) is 6.58. The molecule has 2 nitrogen and oxygen atoms in total. The van der Waals surface area contributed by atoms with Crippen LogP contribution in [0.4, 0.5) is 0 Å². The van der Waals surface area contributed by atoms with Crippen molar-refractivity contribution in [3.05, 3.63) is 16.3 Å². The monoisotopic (exact) mass is 210 g/mol. The first kappa shape index (κ1) is 10.2. The predicted molar refractivity (Wildman–Crippen MR) is 60.1 cm³/mol. The molecule has 0 unspecified atom stereocenters. The highest BCUT2D eigenvalue weighted by molar-refractivity contribution is 7.11. The van der Waals surface area contributed by atoms with Gasteiger partial charge in [-0.2, -0.15) is 0 Å². The Kier molecular flexibility index (Phi) is 2.69. The summed E-state index contributed by atoms with van der Waals surface area (Å²) in [5.74, 6) is 0. The smallest absolute Gasteiger partial charge is 0.407 e. The van der Waals surface area contributed by atoms with E-state index in [9.17, 15) is 0 Å². The maximum Gasteiger partial charge on any atom is 0.495 e. The Hall–Kier alpha value is -0.315. The molecule has 1 aromatic heterocycles. The van der Waals surface area contributed by atoms with Gasteiger partial charge in [-0.15, -0.1) is 11.3 Å². The van der Waals surface area contributed by atoms with Crippen molar-refractivity contribution in [3.8, 4) is 0 Å². The maximum absolute atomic E-state index is 5.70. The van der Waals surface area contributed by atoms with Crippen LogP contribution in [0, 0.1) is 12.3 Å². The van der Waals surface area contributed by atoms with Gasteiger partial charge in [-0.1, -0.05) is 19.9 Å². The number of hydrogen-bond acceptors (Lipinski definition) is 3. The topological polar surface area (TPSA) is 18.5 Å². The zero-order valence-electron chi connectivity index (χ0n) is 8.87. The van der Waals surface area contributed by atoms with E-state index in [0.717, 1.165) is 13.2 Å². The van der Waals surface area contributed by atoms with Gasteiger partial charge in [0.25, 0.3) is 0 Å². The lowest BCUT2D eigenvalue weighted by Crippen LogP contribution is -2.47. The van der Waals surface area contributed by atoms with E-state index in [-0.39, 0.29) is 12.5 Å². The summed E-state index contributed by atoms with van der Waals surface area (Å²) < 4.78 is 11.4. The molecule has 0 bridgehead atoms. The lowest BCUT2D eigenvalue weighted by Gasteiger charge is -2.33. The standard InChI is InChI=1S/C10H15BO2S/c1-8-9(4-5-14-8)11-12-6-10(2,3)7-13-11/h4-5H,6-7H2,1-3H3. The van der Waals surface area contributed by atoms with Crippen LogP contribution < -0.4 is 5.46 Å². The summed E-state index contributed by atoms with van der Waals surface area (Å²) in [4.78, 5) is 1.29. The van der Waals surface area contributed by atoms with Gasteiger partial charge in [-0.25, -0.2) is 0 Å². The number of thiophene rings is 1. The second kappa shape index (κ2) is 3.68. The van der Waals surface area contributed by atoms with Gasteiger partial charge in [0.05, 0.1) is 0 Å². The molecule has 0 atom stereocenters. The first-order valence-corrected chi connectivity index (χ1v) is 5.74. The Morgan fingerprint density at radius 1 is 1.36 bits per heavy atom. The molecule has 14 heavy (non-hydrogen) atoms. The number of rotatable bonds is 1. The minimum atomic E-state index is -0.144. The molecule has 1 aliphatic rings. The van der Waals surface area contributed by atoms with Gasteiger partial charge < -0.3 is 9.31 Å². The van der Waals surface area contributed by atoms with Gasteiger partial charge in [-0.3, -0.25) is 0 Å². The van der Waals surface area contributed by atoms with Gasteiger partial charge in [0.15, 0.2) is 0 Å². The molecule has 2 heterocycles. The molecule has 0 N–H and O–H groups in total. The number of aryl methyl sites for hydroxylation is 1. The van der Waals surface area contributed by atoms with Crippen LogP contribution in [-0.2, 0) is 9.31 Å². The second-order valence-electron chi connectivity index (χ2n) is 4.55. The third-order valence-corrected chi connectivity index (χ3v) is 3.27. The Bertz CT molecular complexity index is 312. The van der Waals surface area contributed by atoms with E-state index in [0.29, 0.717) is 0 Å². The molecule has 0 radical (unpaired) electrons. The van der Waals surface area contributed by atoms with Crippen LogP contribution in [-0.4, -0.2) is 20.3 Å². The van der Waals surface area contributed by atoms with Crippen LogP contribution in [0.25, 0.3) is 0 Å². The molecule has 0 aliphatic carbocycles. The van der Waals surface area contributed by atoms with Gasteiger partial charge in [0.2, 0.25) is 0 Å². The lowest BCUT2D eigenvalue weighted by molar-refractivity contribution is 0.0343. The van der Waals surface area contributed by atoms with E-state index in [1.165, 1.54) is 10.3 Å². The predicted octanol–water partition coefficient (Wildman–Crippen LogP) is 1.82. The average molecular weight is 210 g/mol. The third kappa shape index (κ3) is 2.02. The highest BCUT2D eigenvalue weighted by Gasteiger charge is 2.34. The Morgan fingerprint density at radius 2 is 2.00 bits per heavy atom. The molecule has 1 aromatic rings. The van der Waals surface area contributed by atoms with Crippen LogP contribution in [0.3, 0.4) is 0 Å². The fourth-order valence-electron chi connectivity index (χ4n) is 1.51. The van der Waals surface area contributed by atoms with Gasteiger partial charge >= 0.3 is 7.12 Å². The van der Waals surface area contributed by atoms with Crippen molar-refractivity contribution in [2.45, 2.75) is 20.8 Å². The van der Waals surface area contributed by atoms with Gasteiger partial charge in [0.1, 0.15) is 0 Å². The first-order valence-electron chi connectivity index (χ1n) is 4.86. The molecular formula is C10H15BO2S. The molecule has 0 amide bonds. The van der Waals surface area contributed by atoms with Crippen molar-refractivity contribution in [3.63, 3.8) is 0 Å². The molecule has 2 rings (SSSR count). The van der Waals surface area contributed by atoms with Crippen LogP contribution in [0.2, 0.25) is 0 Å². The summed E-state index contributed by atoms with van der Waals surface area (Å²) in [6.07, 6.45) is 0.